The Morgan fingerprint density at radius 3 is 2.80 bits per heavy atom. The van der Waals surface area contributed by atoms with Gasteiger partial charge >= 0.3 is 5.97 Å². The first-order chi connectivity index (χ1) is 9.49. The van der Waals surface area contributed by atoms with Gasteiger partial charge in [-0.05, 0) is 13.3 Å². The third-order valence-electron chi connectivity index (χ3n) is 2.60. The fourth-order valence-corrected chi connectivity index (χ4v) is 1.71. The Balaban J connectivity index is 2.45. The number of carboxylic acid groups (broad SMARTS) is 1. The molecule has 20 heavy (non-hydrogen) atoms. The smallest absolute Gasteiger partial charge is 0.303 e. The number of imidazole rings is 1. The number of H-pyrrole nitrogens is 1. The molecule has 0 radical (unpaired) electrons. The van der Waals surface area contributed by atoms with E-state index >= 15 is 0 Å². The zero-order valence-electron chi connectivity index (χ0n) is 11.3. The van der Waals surface area contributed by atoms with Crippen LogP contribution in [0.5, 0.6) is 0 Å². The molecule has 5 N–H and O–H groups in total. The Hall–Kier alpha value is -1.93. The number of aromatic nitrogens is 2. The van der Waals surface area contributed by atoms with Gasteiger partial charge in [-0.15, -0.1) is 0 Å². The van der Waals surface area contributed by atoms with E-state index in [9.17, 15) is 14.7 Å². The first-order valence-electron chi connectivity index (χ1n) is 6.40. The van der Waals surface area contributed by atoms with Gasteiger partial charge in [-0.1, -0.05) is 0 Å². The second-order valence-corrected chi connectivity index (χ2v) is 4.46. The Morgan fingerprint density at radius 2 is 2.25 bits per heavy atom. The second-order valence-electron chi connectivity index (χ2n) is 4.46. The summed E-state index contributed by atoms with van der Waals surface area (Å²) in [6.45, 7) is 1.81. The second kappa shape index (κ2) is 8.28. The van der Waals surface area contributed by atoms with Crippen LogP contribution in [0.1, 0.15) is 25.5 Å². The highest BCUT2D eigenvalue weighted by Gasteiger charge is 2.20. The lowest BCUT2D eigenvalue weighted by molar-refractivity contribution is -0.137. The highest BCUT2D eigenvalue weighted by atomic mass is 16.4. The Kier molecular flexibility index (Phi) is 6.68. The zero-order chi connectivity index (χ0) is 15.0. The summed E-state index contributed by atoms with van der Waals surface area (Å²) in [5, 5.41) is 23.3. The van der Waals surface area contributed by atoms with E-state index in [1.54, 1.807) is 6.20 Å². The molecule has 0 aliphatic rings. The number of nitrogens with zero attached hydrogens (tertiary/aromatic N) is 1. The maximum absolute atomic E-state index is 12.0. The Labute approximate surface area is 116 Å². The van der Waals surface area contributed by atoms with Crippen LogP contribution in [0.15, 0.2) is 12.5 Å². The van der Waals surface area contributed by atoms with E-state index in [0.29, 0.717) is 12.8 Å². The van der Waals surface area contributed by atoms with E-state index in [1.165, 1.54) is 13.3 Å². The molecule has 0 spiro atoms. The molecule has 0 aliphatic heterocycles. The number of aliphatic hydroxyl groups is 1. The minimum absolute atomic E-state index is 0.00925. The fourth-order valence-electron chi connectivity index (χ4n) is 1.71. The van der Waals surface area contributed by atoms with Gasteiger partial charge < -0.3 is 20.5 Å². The molecule has 1 aromatic heterocycles. The van der Waals surface area contributed by atoms with Gasteiger partial charge in [0.2, 0.25) is 5.91 Å². The summed E-state index contributed by atoms with van der Waals surface area (Å²) >= 11 is 0. The standard InChI is InChI=1S/C12H20N4O4/c1-8(17)16-10(5-9-6-13-7-15-9)12(20)14-4-2-3-11(18)19/h6-8,10,16-17H,2-5H2,1H3,(H,13,15)(H,14,20)(H,18,19). The van der Waals surface area contributed by atoms with Gasteiger partial charge in [0.25, 0.3) is 0 Å². The van der Waals surface area contributed by atoms with E-state index in [4.69, 9.17) is 5.11 Å². The average molecular weight is 284 g/mol. The van der Waals surface area contributed by atoms with Gasteiger partial charge in [0.15, 0.2) is 0 Å². The predicted octanol–water partition coefficient (Wildman–Crippen LogP) is -0.770. The predicted molar refractivity (Wildman–Crippen MR) is 70.8 cm³/mol. The largest absolute Gasteiger partial charge is 0.481 e. The number of aliphatic hydroxyl groups excluding tert-OH is 1. The van der Waals surface area contributed by atoms with Crippen molar-refractivity contribution in [1.82, 2.24) is 20.6 Å². The molecule has 0 aromatic carbocycles. The van der Waals surface area contributed by atoms with Crippen molar-refractivity contribution in [3.05, 3.63) is 18.2 Å². The zero-order valence-corrected chi connectivity index (χ0v) is 11.3. The number of aromatic amines is 1. The van der Waals surface area contributed by atoms with Crippen molar-refractivity contribution in [2.75, 3.05) is 6.54 Å². The van der Waals surface area contributed by atoms with Crippen LogP contribution in [0.3, 0.4) is 0 Å². The number of carbonyl (C=O) groups excluding carboxylic acids is 1. The Bertz CT molecular complexity index is 419. The highest BCUT2D eigenvalue weighted by molar-refractivity contribution is 5.82. The molecule has 2 unspecified atom stereocenters. The van der Waals surface area contributed by atoms with Crippen LogP contribution in [0, 0.1) is 0 Å². The molecule has 0 bridgehead atoms. The number of carbonyl (C=O) groups is 2. The van der Waals surface area contributed by atoms with Crippen LogP contribution in [0.25, 0.3) is 0 Å². The quantitative estimate of drug-likeness (QED) is 0.299. The molecule has 1 rings (SSSR count). The molecule has 1 heterocycles. The van der Waals surface area contributed by atoms with Crippen LogP contribution in [-0.4, -0.2) is 50.9 Å². The molecule has 8 nitrogen and oxygen atoms in total. The van der Waals surface area contributed by atoms with Gasteiger partial charge in [0, 0.05) is 31.3 Å². The summed E-state index contributed by atoms with van der Waals surface area (Å²) in [6.07, 6.45) is 3.03. The number of aliphatic carboxylic acids is 1. The lowest BCUT2D eigenvalue weighted by Gasteiger charge is -2.19. The van der Waals surface area contributed by atoms with Gasteiger partial charge in [-0.25, -0.2) is 4.98 Å². The minimum Gasteiger partial charge on any atom is -0.481 e. The van der Waals surface area contributed by atoms with Crippen molar-refractivity contribution in [3.8, 4) is 0 Å². The molecule has 0 saturated carbocycles. The number of hydrogen-bond donors (Lipinski definition) is 5. The highest BCUT2D eigenvalue weighted by Crippen LogP contribution is 2.00. The summed E-state index contributed by atoms with van der Waals surface area (Å²) in [6, 6.07) is -0.611. The Morgan fingerprint density at radius 1 is 1.50 bits per heavy atom. The summed E-state index contributed by atoms with van der Waals surface area (Å²) in [4.78, 5) is 29.1. The first-order valence-corrected chi connectivity index (χ1v) is 6.40. The monoisotopic (exact) mass is 284 g/mol. The van der Waals surface area contributed by atoms with E-state index in [1.807, 2.05) is 0 Å². The van der Waals surface area contributed by atoms with Crippen molar-refractivity contribution in [2.45, 2.75) is 38.5 Å². The van der Waals surface area contributed by atoms with Gasteiger partial charge in [-0.2, -0.15) is 0 Å². The van der Waals surface area contributed by atoms with Crippen molar-refractivity contribution in [1.29, 1.82) is 0 Å². The van der Waals surface area contributed by atoms with E-state index in [-0.39, 0.29) is 18.9 Å². The topological polar surface area (TPSA) is 127 Å². The number of rotatable bonds is 9. The first kappa shape index (κ1) is 16.1. The normalized spacial score (nSPS) is 13.7. The summed E-state index contributed by atoms with van der Waals surface area (Å²) in [5.41, 5.74) is 0.767. The van der Waals surface area contributed by atoms with Crippen molar-refractivity contribution < 1.29 is 19.8 Å². The van der Waals surface area contributed by atoms with Crippen LogP contribution in [-0.2, 0) is 16.0 Å². The van der Waals surface area contributed by atoms with Crippen molar-refractivity contribution in [2.24, 2.45) is 0 Å². The van der Waals surface area contributed by atoms with E-state index in [0.717, 1.165) is 5.69 Å². The average Bonchev–Trinajstić information content (AvgIpc) is 2.85. The summed E-state index contributed by atoms with van der Waals surface area (Å²) in [7, 11) is 0. The van der Waals surface area contributed by atoms with Crippen LogP contribution in [0.4, 0.5) is 0 Å². The van der Waals surface area contributed by atoms with Crippen molar-refractivity contribution >= 4 is 11.9 Å². The lowest BCUT2D eigenvalue weighted by Crippen LogP contribution is -2.49. The maximum Gasteiger partial charge on any atom is 0.303 e. The number of amides is 1. The molecule has 0 fully saturated rings. The summed E-state index contributed by atoms with van der Waals surface area (Å²) in [5.74, 6) is -1.18. The van der Waals surface area contributed by atoms with E-state index in [2.05, 4.69) is 20.6 Å². The van der Waals surface area contributed by atoms with Crippen molar-refractivity contribution in [3.63, 3.8) is 0 Å². The number of nitrogens with one attached hydrogen (secondary N) is 3. The molecule has 112 valence electrons. The molecule has 1 amide bonds. The fraction of sp³-hybridized carbons (Fsp3) is 0.583. The molecule has 0 aliphatic carbocycles. The third kappa shape index (κ3) is 6.30. The summed E-state index contributed by atoms with van der Waals surface area (Å²) < 4.78 is 0. The number of carboxylic acids is 1. The molecule has 8 heteroatoms. The lowest BCUT2D eigenvalue weighted by atomic mass is 10.1. The molecule has 1 aromatic rings. The molecular formula is C12H20N4O4. The molecular weight excluding hydrogens is 264 g/mol. The van der Waals surface area contributed by atoms with Gasteiger partial charge in [0.1, 0.15) is 6.23 Å². The molecule has 0 saturated heterocycles. The van der Waals surface area contributed by atoms with Crippen LogP contribution < -0.4 is 10.6 Å². The number of hydrogen-bond acceptors (Lipinski definition) is 5. The minimum atomic E-state index is -0.893. The third-order valence-corrected chi connectivity index (χ3v) is 2.60. The maximum atomic E-state index is 12.0. The molecule has 2 atom stereocenters. The SMILES string of the molecule is CC(O)NC(Cc1cnc[nH]1)C(=O)NCCCC(=O)O. The van der Waals surface area contributed by atoms with E-state index < -0.39 is 18.2 Å². The van der Waals surface area contributed by atoms with Gasteiger partial charge in [0.05, 0.1) is 12.4 Å². The van der Waals surface area contributed by atoms with Gasteiger partial charge in [-0.3, -0.25) is 14.9 Å². The van der Waals surface area contributed by atoms with Crippen LogP contribution in [0.2, 0.25) is 0 Å². The van der Waals surface area contributed by atoms with Crippen LogP contribution >= 0.6 is 0 Å².